The topological polar surface area (TPSA) is 38.8 Å². The summed E-state index contributed by atoms with van der Waals surface area (Å²) in [5.41, 5.74) is 0. The molecule has 110 valence electrons. The first kappa shape index (κ1) is 14.7. The summed E-state index contributed by atoms with van der Waals surface area (Å²) in [5.74, 6) is 1.97. The van der Waals surface area contributed by atoms with Crippen LogP contribution in [0, 0.1) is 5.92 Å². The van der Waals surface area contributed by atoms with Gasteiger partial charge in [0.1, 0.15) is 0 Å². The van der Waals surface area contributed by atoms with E-state index in [9.17, 15) is 4.79 Å². The highest BCUT2D eigenvalue weighted by molar-refractivity contribution is 5.78. The fourth-order valence-corrected chi connectivity index (χ4v) is 2.49. The number of amides is 1. The molecule has 0 aliphatic carbocycles. The molecule has 1 fully saturated rings. The summed E-state index contributed by atoms with van der Waals surface area (Å²) in [6.07, 6.45) is 2.29. The molecule has 0 bridgehead atoms. The van der Waals surface area contributed by atoms with Crippen molar-refractivity contribution in [2.45, 2.75) is 26.7 Å². The van der Waals surface area contributed by atoms with Crippen molar-refractivity contribution in [3.63, 3.8) is 0 Å². The highest BCUT2D eigenvalue weighted by atomic mass is 16.5. The van der Waals surface area contributed by atoms with Crippen molar-refractivity contribution in [2.24, 2.45) is 5.92 Å². The monoisotopic (exact) mass is 277 g/mol. The number of carbonyl (C=O) groups excluding carboxylic acids is 1. The normalized spacial score (nSPS) is 18.7. The van der Waals surface area contributed by atoms with Crippen LogP contribution in [0.15, 0.2) is 24.3 Å². The summed E-state index contributed by atoms with van der Waals surface area (Å²) >= 11 is 0. The molecule has 1 unspecified atom stereocenters. The van der Waals surface area contributed by atoms with Gasteiger partial charge in [-0.25, -0.2) is 0 Å². The van der Waals surface area contributed by atoms with Gasteiger partial charge in [0.2, 0.25) is 0 Å². The SMILES string of the molecule is CCOc1ccccc1OCC(=O)N1CCCC(C)C1. The molecule has 1 aliphatic rings. The number of para-hydroxylation sites is 2. The molecule has 1 amide bonds. The number of likely N-dealkylation sites (tertiary alicyclic amines) is 1. The van der Waals surface area contributed by atoms with Crippen LogP contribution >= 0.6 is 0 Å². The van der Waals surface area contributed by atoms with E-state index >= 15 is 0 Å². The highest BCUT2D eigenvalue weighted by Crippen LogP contribution is 2.26. The minimum atomic E-state index is 0.0582. The summed E-state index contributed by atoms with van der Waals surface area (Å²) in [6.45, 7) is 6.46. The molecular weight excluding hydrogens is 254 g/mol. The lowest BCUT2D eigenvalue weighted by atomic mass is 10.0. The molecular formula is C16H23NO3. The van der Waals surface area contributed by atoms with E-state index < -0.39 is 0 Å². The molecule has 1 aromatic carbocycles. The smallest absolute Gasteiger partial charge is 0.260 e. The number of benzene rings is 1. The van der Waals surface area contributed by atoms with Gasteiger partial charge in [-0.3, -0.25) is 4.79 Å². The minimum Gasteiger partial charge on any atom is -0.490 e. The maximum atomic E-state index is 12.1. The Morgan fingerprint density at radius 2 is 2.00 bits per heavy atom. The van der Waals surface area contributed by atoms with Crippen molar-refractivity contribution in [2.75, 3.05) is 26.3 Å². The molecule has 1 saturated heterocycles. The molecule has 4 heteroatoms. The van der Waals surface area contributed by atoms with E-state index in [2.05, 4.69) is 6.92 Å². The van der Waals surface area contributed by atoms with Gasteiger partial charge in [-0.15, -0.1) is 0 Å². The summed E-state index contributed by atoms with van der Waals surface area (Å²) in [7, 11) is 0. The van der Waals surface area contributed by atoms with E-state index in [1.54, 1.807) is 0 Å². The number of hydrogen-bond acceptors (Lipinski definition) is 3. The molecule has 0 aromatic heterocycles. The second kappa shape index (κ2) is 7.17. The number of rotatable bonds is 5. The van der Waals surface area contributed by atoms with E-state index in [1.807, 2.05) is 36.1 Å². The van der Waals surface area contributed by atoms with Gasteiger partial charge in [-0.2, -0.15) is 0 Å². The van der Waals surface area contributed by atoms with Crippen LogP contribution in [0.1, 0.15) is 26.7 Å². The van der Waals surface area contributed by atoms with Crippen molar-refractivity contribution in [3.8, 4) is 11.5 Å². The van der Waals surface area contributed by atoms with Crippen molar-refractivity contribution in [1.29, 1.82) is 0 Å². The van der Waals surface area contributed by atoms with Crippen LogP contribution in [0.5, 0.6) is 11.5 Å². The molecule has 0 spiro atoms. The molecule has 20 heavy (non-hydrogen) atoms. The molecule has 1 heterocycles. The van der Waals surface area contributed by atoms with Crippen LogP contribution in [0.2, 0.25) is 0 Å². The number of piperidine rings is 1. The third-order valence-corrected chi connectivity index (χ3v) is 3.51. The zero-order valence-corrected chi connectivity index (χ0v) is 12.3. The van der Waals surface area contributed by atoms with Gasteiger partial charge in [0, 0.05) is 13.1 Å². The Kier molecular flexibility index (Phi) is 5.27. The molecule has 0 radical (unpaired) electrons. The Bertz CT molecular complexity index is 447. The Morgan fingerprint density at radius 1 is 1.30 bits per heavy atom. The maximum absolute atomic E-state index is 12.1. The first-order valence-electron chi connectivity index (χ1n) is 7.33. The zero-order valence-electron chi connectivity index (χ0n) is 12.3. The molecule has 4 nitrogen and oxygen atoms in total. The number of carbonyl (C=O) groups is 1. The predicted octanol–water partition coefficient (Wildman–Crippen LogP) is 2.72. The minimum absolute atomic E-state index is 0.0582. The average Bonchev–Trinajstić information content (AvgIpc) is 2.46. The molecule has 2 rings (SSSR count). The summed E-state index contributed by atoms with van der Waals surface area (Å²) < 4.78 is 11.1. The molecule has 1 atom stereocenters. The zero-order chi connectivity index (χ0) is 14.4. The number of nitrogens with zero attached hydrogens (tertiary/aromatic N) is 1. The summed E-state index contributed by atoms with van der Waals surface area (Å²) in [6, 6.07) is 7.46. The van der Waals surface area contributed by atoms with Gasteiger partial charge < -0.3 is 14.4 Å². The lowest BCUT2D eigenvalue weighted by molar-refractivity contribution is -0.135. The lowest BCUT2D eigenvalue weighted by Gasteiger charge is -2.30. The van der Waals surface area contributed by atoms with Gasteiger partial charge in [-0.05, 0) is 37.8 Å². The lowest BCUT2D eigenvalue weighted by Crippen LogP contribution is -2.41. The van der Waals surface area contributed by atoms with Crippen molar-refractivity contribution >= 4 is 5.91 Å². The number of hydrogen-bond donors (Lipinski definition) is 0. The van der Waals surface area contributed by atoms with Crippen LogP contribution in [0.25, 0.3) is 0 Å². The first-order chi connectivity index (χ1) is 9.70. The standard InChI is InChI=1S/C16H23NO3/c1-3-19-14-8-4-5-9-15(14)20-12-16(18)17-10-6-7-13(2)11-17/h4-5,8-9,13H,3,6-7,10-12H2,1-2H3. The van der Waals surface area contributed by atoms with E-state index in [0.717, 1.165) is 19.5 Å². The summed E-state index contributed by atoms with van der Waals surface area (Å²) in [4.78, 5) is 14.0. The second-order valence-corrected chi connectivity index (χ2v) is 5.26. The Balaban J connectivity index is 1.89. The third kappa shape index (κ3) is 3.89. The molecule has 1 aliphatic heterocycles. The van der Waals surface area contributed by atoms with Gasteiger partial charge in [0.05, 0.1) is 6.61 Å². The Morgan fingerprint density at radius 3 is 2.65 bits per heavy atom. The van der Waals surface area contributed by atoms with Crippen LogP contribution in [-0.4, -0.2) is 37.1 Å². The van der Waals surface area contributed by atoms with Crippen molar-refractivity contribution < 1.29 is 14.3 Å². The van der Waals surface area contributed by atoms with Crippen molar-refractivity contribution in [3.05, 3.63) is 24.3 Å². The third-order valence-electron chi connectivity index (χ3n) is 3.51. The van der Waals surface area contributed by atoms with Crippen LogP contribution in [-0.2, 0) is 4.79 Å². The second-order valence-electron chi connectivity index (χ2n) is 5.26. The Labute approximate surface area is 120 Å². The largest absolute Gasteiger partial charge is 0.490 e. The fraction of sp³-hybridized carbons (Fsp3) is 0.562. The van der Waals surface area contributed by atoms with Gasteiger partial charge >= 0.3 is 0 Å². The van der Waals surface area contributed by atoms with Gasteiger partial charge in [0.15, 0.2) is 18.1 Å². The maximum Gasteiger partial charge on any atom is 0.260 e. The molecule has 0 saturated carbocycles. The summed E-state index contributed by atoms with van der Waals surface area (Å²) in [5, 5.41) is 0. The van der Waals surface area contributed by atoms with Crippen molar-refractivity contribution in [1.82, 2.24) is 4.90 Å². The molecule has 0 N–H and O–H groups in total. The van der Waals surface area contributed by atoms with Gasteiger partial charge in [0.25, 0.3) is 5.91 Å². The van der Waals surface area contributed by atoms with E-state index in [1.165, 1.54) is 6.42 Å². The van der Waals surface area contributed by atoms with Gasteiger partial charge in [-0.1, -0.05) is 19.1 Å². The van der Waals surface area contributed by atoms with Crippen LogP contribution in [0.3, 0.4) is 0 Å². The molecule has 1 aromatic rings. The predicted molar refractivity (Wildman–Crippen MR) is 78.1 cm³/mol. The first-order valence-corrected chi connectivity index (χ1v) is 7.33. The fourth-order valence-electron chi connectivity index (χ4n) is 2.49. The van der Waals surface area contributed by atoms with E-state index in [0.29, 0.717) is 24.0 Å². The van der Waals surface area contributed by atoms with E-state index in [-0.39, 0.29) is 12.5 Å². The average molecular weight is 277 g/mol. The van der Waals surface area contributed by atoms with E-state index in [4.69, 9.17) is 9.47 Å². The number of ether oxygens (including phenoxy) is 2. The van der Waals surface area contributed by atoms with Crippen LogP contribution in [0.4, 0.5) is 0 Å². The quantitative estimate of drug-likeness (QED) is 0.830. The highest BCUT2D eigenvalue weighted by Gasteiger charge is 2.21. The Hall–Kier alpha value is -1.71. The van der Waals surface area contributed by atoms with Crippen LogP contribution < -0.4 is 9.47 Å².